The van der Waals surface area contributed by atoms with Gasteiger partial charge in [0.05, 0.1) is 127 Å². The van der Waals surface area contributed by atoms with E-state index in [0.29, 0.717) is 68.2 Å². The molecule has 9 N–H and O–H groups in total. The highest BCUT2D eigenvalue weighted by molar-refractivity contribution is 7.90. The molecule has 44 nitrogen and oxygen atoms in total. The Morgan fingerprint density at radius 3 is 1.17 bits per heavy atom. The molecule has 2 aliphatic rings. The second-order valence-electron chi connectivity index (χ2n) is 36.4. The second kappa shape index (κ2) is 61.2. The van der Waals surface area contributed by atoms with E-state index in [0.717, 1.165) is 92.6 Å². The second-order valence-corrected chi connectivity index (χ2v) is 43.7. The lowest BCUT2D eigenvalue weighted by molar-refractivity contribution is 0.0854. The number of aromatic nitrogens is 4. The van der Waals surface area contributed by atoms with Crippen LogP contribution in [0.3, 0.4) is 0 Å². The first-order valence-corrected chi connectivity index (χ1v) is 55.7. The van der Waals surface area contributed by atoms with Crippen molar-refractivity contribution < 1.29 is 93.1 Å². The van der Waals surface area contributed by atoms with Crippen LogP contribution < -0.4 is 31.7 Å². The third kappa shape index (κ3) is 34.8. The van der Waals surface area contributed by atoms with Gasteiger partial charge in [0, 0.05) is 86.8 Å². The van der Waals surface area contributed by atoms with Crippen LogP contribution in [-0.4, -0.2) is 220 Å². The Hall–Kier alpha value is -12.4. The molecule has 10 rings (SSSR count). The predicted octanol–water partition coefficient (Wildman–Crippen LogP) is 15.4. The third-order valence-electron chi connectivity index (χ3n) is 24.8. The Morgan fingerprint density at radius 1 is 0.433 bits per heavy atom. The molecular formula is C102H140N20O24S4. The summed E-state index contributed by atoms with van der Waals surface area (Å²) >= 11 is 0. The van der Waals surface area contributed by atoms with Crippen molar-refractivity contribution in [2.45, 2.75) is 250 Å². The van der Waals surface area contributed by atoms with E-state index < -0.39 is 74.1 Å². The lowest BCUT2D eigenvalue weighted by atomic mass is 9.99. The minimum Gasteiger partial charge on any atom is -0.493 e. The molecule has 0 spiro atoms. The number of sulfonamides is 4. The summed E-state index contributed by atoms with van der Waals surface area (Å²) in [6, 6.07) is 30.2. The Kier molecular flexibility index (Phi) is 50.8. The van der Waals surface area contributed by atoms with Gasteiger partial charge in [0.15, 0.2) is 22.7 Å². The first-order valence-electron chi connectivity index (χ1n) is 49.8. The van der Waals surface area contributed by atoms with Gasteiger partial charge in [-0.3, -0.25) is 37.4 Å². The molecule has 2 saturated heterocycles. The molecular weight excluding hydrogens is 2020 g/mol. The van der Waals surface area contributed by atoms with Gasteiger partial charge in [0.2, 0.25) is 63.6 Å². The summed E-state index contributed by atoms with van der Waals surface area (Å²) in [5.74, 6) is -0.498. The molecule has 6 heterocycles. The number of aromatic hydroxyl groups is 4. The zero-order chi connectivity index (χ0) is 111. The fourth-order valence-electron chi connectivity index (χ4n) is 16.1. The summed E-state index contributed by atoms with van der Waals surface area (Å²) in [6.45, 7) is 28.6. The summed E-state index contributed by atoms with van der Waals surface area (Å²) < 4.78 is 141. The first kappa shape index (κ1) is 124. The number of hydrogen-bond donors (Lipinski definition) is 9. The molecule has 5 atom stereocenters. The van der Waals surface area contributed by atoms with Gasteiger partial charge in [-0.2, -0.15) is 50.1 Å². The quantitative estimate of drug-likeness (QED) is 0.0126. The van der Waals surface area contributed by atoms with E-state index in [1.807, 2.05) is 52.0 Å². The molecule has 0 amide bonds. The summed E-state index contributed by atoms with van der Waals surface area (Å²) in [7, 11) is -14.9. The van der Waals surface area contributed by atoms with Crippen molar-refractivity contribution in [2.24, 2.45) is 58.7 Å². The number of aliphatic hydroxyl groups excluding tert-OH is 3. The van der Waals surface area contributed by atoms with Gasteiger partial charge in [-0.25, -0.2) is 43.1 Å². The average Bonchev–Trinajstić information content (AvgIpc) is 0.973. The van der Waals surface area contributed by atoms with Crippen molar-refractivity contribution in [3.8, 4) is 47.8 Å². The molecule has 5 unspecified atom stereocenters. The zero-order valence-corrected chi connectivity index (χ0v) is 90.6. The molecule has 816 valence electrons. The maximum atomic E-state index is 13.3. The monoisotopic (exact) mass is 2160 g/mol. The lowest BCUT2D eigenvalue weighted by Gasteiger charge is -2.27. The number of likely N-dealkylation sites (N-methyl/N-ethyl adjacent to an activating group) is 1. The minimum absolute atomic E-state index is 0.0127. The Morgan fingerprint density at radius 2 is 0.800 bits per heavy atom. The molecule has 8 aromatic rings. The number of nitriles is 4. The van der Waals surface area contributed by atoms with Gasteiger partial charge < -0.3 is 59.4 Å². The standard InChI is InChI=1S/C28H39N5O5S.C27H39N5O6S.C25H35N5O6S.C22H27N5O7S/c1-5-8-10-21(6-2)18-33-27(34)25(17-29)20(4)26(28(33)35)31-30-22-12-14-24(15-13-22)39(36,37)32(7-3)19-23-11-9-16-38-23;1-6-32(20(4)9-7-8-19(2)3)39(36,37)23-12-10-22(11-13-23)29-30-25-21(5)24(18-28)26(34)31(27(25)35)14-16-38-17-15-33;1-17(2)6-5-7-18(3)30-24(32)22(16-26)19(4)23(25(30)33)29-28-20-8-10-21(11-9-20)37(34,35)27-12-14-36-15-13-31;1-15-19(13-23)21(29)27(8-11-33-12-9-28)22(30)20(15)26-25-16-4-6-18(7-5-16)35(31,32)24-14-17-3-2-10-34-17/h12-15,21,23,34H,5-11,16,18-19H2,1-4H3;10-13,19-20,33-34H,6-9,14-17H2,1-5H3;8-11,17-18,27,31-32H,5-7,12-15H2,1-4H3;4-7,17,24,28-29H,2-3,8-12,14H2,1H3. The number of aliphatic hydroxyl groups is 3. The Balaban J connectivity index is 0.000000271. The van der Waals surface area contributed by atoms with Crippen molar-refractivity contribution in [2.75, 3.05) is 105 Å². The number of azo groups is 4. The van der Waals surface area contributed by atoms with Crippen LogP contribution in [0, 0.1) is 90.8 Å². The number of pyridine rings is 4. The molecule has 2 fully saturated rings. The van der Waals surface area contributed by atoms with Crippen LogP contribution in [0.1, 0.15) is 210 Å². The summed E-state index contributed by atoms with van der Waals surface area (Å²) in [5, 5.41) is 139. The largest absolute Gasteiger partial charge is 0.493 e. The van der Waals surface area contributed by atoms with Crippen LogP contribution in [0.5, 0.6) is 23.5 Å². The maximum absolute atomic E-state index is 13.3. The van der Waals surface area contributed by atoms with Crippen LogP contribution >= 0.6 is 0 Å². The predicted molar refractivity (Wildman–Crippen MR) is 561 cm³/mol. The Bertz CT molecular complexity index is 6870. The van der Waals surface area contributed by atoms with Gasteiger partial charge in [0.25, 0.3) is 22.2 Å². The van der Waals surface area contributed by atoms with Gasteiger partial charge in [-0.15, -0.1) is 20.5 Å². The van der Waals surface area contributed by atoms with Crippen LogP contribution in [-0.2, 0) is 83.4 Å². The summed E-state index contributed by atoms with van der Waals surface area (Å²) in [5.41, 5.74) is -1.04. The molecule has 0 radical (unpaired) electrons. The highest BCUT2D eigenvalue weighted by Gasteiger charge is 2.33. The average molecular weight is 2160 g/mol. The molecule has 0 saturated carbocycles. The van der Waals surface area contributed by atoms with Crippen LogP contribution in [0.25, 0.3) is 0 Å². The van der Waals surface area contributed by atoms with E-state index >= 15 is 0 Å². The van der Waals surface area contributed by atoms with Gasteiger partial charge in [-0.1, -0.05) is 100 Å². The number of nitrogens with zero attached hydrogens (tertiary/aromatic N) is 18. The number of ether oxygens (including phenoxy) is 5. The van der Waals surface area contributed by atoms with E-state index in [2.05, 4.69) is 85.0 Å². The van der Waals surface area contributed by atoms with E-state index in [9.17, 15) is 94.3 Å². The summed E-state index contributed by atoms with van der Waals surface area (Å²) in [4.78, 5) is 52.7. The molecule has 48 heteroatoms. The third-order valence-corrected chi connectivity index (χ3v) is 31.8. The topological polar surface area (TPSA) is 637 Å². The van der Waals surface area contributed by atoms with Crippen LogP contribution in [0.15, 0.2) is 177 Å². The Labute approximate surface area is 876 Å². The minimum atomic E-state index is -3.77. The lowest BCUT2D eigenvalue weighted by Crippen LogP contribution is -2.38. The summed E-state index contributed by atoms with van der Waals surface area (Å²) in [6.07, 6.45) is 12.3. The number of unbranched alkanes of at least 4 members (excludes halogenated alkanes) is 1. The van der Waals surface area contributed by atoms with Crippen molar-refractivity contribution in [3.63, 3.8) is 0 Å². The molecule has 150 heavy (non-hydrogen) atoms. The smallest absolute Gasteiger partial charge is 0.281 e. The zero-order valence-electron chi connectivity index (χ0n) is 87.4. The number of hydrogen-bond acceptors (Lipinski definition) is 36. The molecule has 4 aromatic carbocycles. The van der Waals surface area contributed by atoms with E-state index in [4.69, 9.17) is 39.0 Å². The van der Waals surface area contributed by atoms with Crippen LogP contribution in [0.2, 0.25) is 0 Å². The molecule has 0 aliphatic carbocycles. The number of rotatable bonds is 53. The molecule has 0 bridgehead atoms. The SMILES string of the molecule is CCCCC(CC)Cn1c(O)c(C#N)c(C)c(N=Nc2ccc(S(=O)(=O)N(CC)CC3CCCO3)cc2)c1=O.CCN(C(C)CCCC(C)C)S(=O)(=O)c1ccc(N=Nc2c(C)c(C#N)c(O)n(CCOCCO)c2=O)cc1.Cc1c(C#N)c(O)n(C(C)CCCC(C)C)c(=O)c1N=Nc1ccc(S(=O)(=O)NCCOCCO)cc1.Cc1c(C#N)c(O)n(CCOCCO)c(=O)c1N=Nc1ccc(S(=O)(=O)NCC2CCCO2)cc1. The highest BCUT2D eigenvalue weighted by Crippen LogP contribution is 2.37. The normalized spacial score (nSPS) is 14.6. The van der Waals surface area contributed by atoms with E-state index in [1.165, 1.54) is 136 Å². The van der Waals surface area contributed by atoms with Crippen molar-refractivity contribution in [3.05, 3.63) is 183 Å². The van der Waals surface area contributed by atoms with Crippen molar-refractivity contribution in [1.29, 1.82) is 21.0 Å². The maximum Gasteiger partial charge on any atom is 0.281 e. The first-order chi connectivity index (χ1) is 71.5. The van der Waals surface area contributed by atoms with Crippen molar-refractivity contribution >= 4 is 85.6 Å². The van der Waals surface area contributed by atoms with Crippen LogP contribution in [0.4, 0.5) is 45.5 Å². The van der Waals surface area contributed by atoms with Gasteiger partial charge in [-0.05, 0) is 201 Å². The van der Waals surface area contributed by atoms with Gasteiger partial charge in [0.1, 0.15) is 46.5 Å². The fraction of sp³-hybridized carbons (Fsp3) is 0.529. The van der Waals surface area contributed by atoms with Gasteiger partial charge >= 0.3 is 0 Å². The molecule has 4 aromatic heterocycles. The van der Waals surface area contributed by atoms with Crippen molar-refractivity contribution in [1.82, 2.24) is 36.3 Å². The molecule has 2 aliphatic heterocycles. The highest BCUT2D eigenvalue weighted by atomic mass is 32.2. The number of nitrogens with one attached hydrogen (secondary N) is 2. The fourth-order valence-corrected chi connectivity index (χ4v) is 21.3. The van der Waals surface area contributed by atoms with E-state index in [1.54, 1.807) is 13.8 Å². The number of benzene rings is 4. The van der Waals surface area contributed by atoms with E-state index in [-0.39, 0.29) is 227 Å².